The number of aryl methyl sites for hydroxylation is 1. The van der Waals surface area contributed by atoms with Gasteiger partial charge in [0, 0.05) is 38.1 Å². The molecule has 0 aliphatic carbocycles. The van der Waals surface area contributed by atoms with Crippen molar-refractivity contribution in [1.29, 1.82) is 0 Å². The molecule has 0 aliphatic heterocycles. The molecule has 2 aromatic rings. The Kier molecular flexibility index (Phi) is 4.99. The predicted octanol–water partition coefficient (Wildman–Crippen LogP) is 3.85. The van der Waals surface area contributed by atoms with Crippen LogP contribution < -0.4 is 10.2 Å². The van der Waals surface area contributed by atoms with E-state index in [9.17, 15) is 0 Å². The van der Waals surface area contributed by atoms with Gasteiger partial charge in [0.15, 0.2) is 0 Å². The zero-order chi connectivity index (χ0) is 14.4. The van der Waals surface area contributed by atoms with Crippen molar-refractivity contribution in [2.45, 2.75) is 26.8 Å². The fourth-order valence-corrected chi connectivity index (χ4v) is 2.07. The van der Waals surface area contributed by atoms with Gasteiger partial charge in [-0.05, 0) is 25.0 Å². The summed E-state index contributed by atoms with van der Waals surface area (Å²) in [5.74, 6) is 0.945. The number of hydrogen-bond donors (Lipinski definition) is 1. The first-order chi connectivity index (χ1) is 9.69. The van der Waals surface area contributed by atoms with Crippen LogP contribution in [-0.4, -0.2) is 18.6 Å². The highest BCUT2D eigenvalue weighted by Crippen LogP contribution is 2.18. The number of pyridine rings is 1. The van der Waals surface area contributed by atoms with E-state index in [2.05, 4.69) is 66.4 Å². The van der Waals surface area contributed by atoms with E-state index in [1.807, 2.05) is 12.3 Å². The van der Waals surface area contributed by atoms with Gasteiger partial charge in [-0.25, -0.2) is 4.98 Å². The molecule has 0 atom stereocenters. The van der Waals surface area contributed by atoms with Gasteiger partial charge < -0.3 is 10.2 Å². The van der Waals surface area contributed by atoms with Gasteiger partial charge in [0.05, 0.1) is 0 Å². The second-order valence-electron chi connectivity index (χ2n) is 5.17. The Morgan fingerprint density at radius 2 is 1.90 bits per heavy atom. The SMILES string of the molecule is CCCNc1cc(N(C)Cc2ccc(C)cc2)ccn1. The molecule has 0 unspecified atom stereocenters. The fraction of sp³-hybridized carbons (Fsp3) is 0.353. The third kappa shape index (κ3) is 3.98. The number of rotatable bonds is 6. The van der Waals surface area contributed by atoms with Crippen molar-refractivity contribution >= 4 is 11.5 Å². The van der Waals surface area contributed by atoms with Crippen LogP contribution in [0.25, 0.3) is 0 Å². The third-order valence-electron chi connectivity index (χ3n) is 3.28. The van der Waals surface area contributed by atoms with E-state index in [0.29, 0.717) is 0 Å². The van der Waals surface area contributed by atoms with Gasteiger partial charge in [0.2, 0.25) is 0 Å². The molecule has 2 rings (SSSR count). The van der Waals surface area contributed by atoms with E-state index >= 15 is 0 Å². The van der Waals surface area contributed by atoms with E-state index in [1.54, 1.807) is 0 Å². The molecule has 0 spiro atoms. The van der Waals surface area contributed by atoms with Crippen LogP contribution in [0.4, 0.5) is 11.5 Å². The Morgan fingerprint density at radius 1 is 1.15 bits per heavy atom. The highest BCUT2D eigenvalue weighted by molar-refractivity contribution is 5.53. The zero-order valence-corrected chi connectivity index (χ0v) is 12.6. The van der Waals surface area contributed by atoms with Crippen LogP contribution in [0.15, 0.2) is 42.6 Å². The van der Waals surface area contributed by atoms with Gasteiger partial charge in [-0.15, -0.1) is 0 Å². The second-order valence-corrected chi connectivity index (χ2v) is 5.17. The van der Waals surface area contributed by atoms with Crippen LogP contribution in [0.1, 0.15) is 24.5 Å². The number of benzene rings is 1. The van der Waals surface area contributed by atoms with E-state index < -0.39 is 0 Å². The molecule has 0 saturated carbocycles. The van der Waals surface area contributed by atoms with Gasteiger partial charge in [-0.2, -0.15) is 0 Å². The third-order valence-corrected chi connectivity index (χ3v) is 3.28. The molecule has 3 heteroatoms. The molecule has 0 saturated heterocycles. The maximum absolute atomic E-state index is 4.34. The van der Waals surface area contributed by atoms with E-state index in [-0.39, 0.29) is 0 Å². The lowest BCUT2D eigenvalue weighted by Crippen LogP contribution is -2.16. The Bertz CT molecular complexity index is 534. The van der Waals surface area contributed by atoms with Crippen LogP contribution in [0.2, 0.25) is 0 Å². The predicted molar refractivity (Wildman–Crippen MR) is 86.3 cm³/mol. The first-order valence-corrected chi connectivity index (χ1v) is 7.15. The number of nitrogens with zero attached hydrogens (tertiary/aromatic N) is 2. The fourth-order valence-electron chi connectivity index (χ4n) is 2.07. The summed E-state index contributed by atoms with van der Waals surface area (Å²) in [4.78, 5) is 6.58. The minimum absolute atomic E-state index is 0.900. The number of aromatic nitrogens is 1. The van der Waals surface area contributed by atoms with Crippen LogP contribution >= 0.6 is 0 Å². The smallest absolute Gasteiger partial charge is 0.127 e. The summed E-state index contributed by atoms with van der Waals surface area (Å²) in [5.41, 5.74) is 3.79. The number of anilines is 2. The Balaban J connectivity index is 2.04. The second kappa shape index (κ2) is 6.94. The average Bonchev–Trinajstić information content (AvgIpc) is 2.48. The van der Waals surface area contributed by atoms with Gasteiger partial charge in [0.25, 0.3) is 0 Å². The van der Waals surface area contributed by atoms with Gasteiger partial charge in [0.1, 0.15) is 5.82 Å². The topological polar surface area (TPSA) is 28.2 Å². The summed E-state index contributed by atoms with van der Waals surface area (Å²) in [6.45, 7) is 6.12. The lowest BCUT2D eigenvalue weighted by atomic mass is 10.1. The van der Waals surface area contributed by atoms with Crippen molar-refractivity contribution in [3.05, 3.63) is 53.7 Å². The first kappa shape index (κ1) is 14.4. The highest BCUT2D eigenvalue weighted by Gasteiger charge is 2.03. The molecule has 0 bridgehead atoms. The monoisotopic (exact) mass is 269 g/mol. The first-order valence-electron chi connectivity index (χ1n) is 7.15. The van der Waals surface area contributed by atoms with Gasteiger partial charge in [-0.3, -0.25) is 0 Å². The molecule has 0 amide bonds. The molecule has 106 valence electrons. The van der Waals surface area contributed by atoms with E-state index in [1.165, 1.54) is 16.8 Å². The summed E-state index contributed by atoms with van der Waals surface area (Å²) in [7, 11) is 2.11. The highest BCUT2D eigenvalue weighted by atomic mass is 15.1. The Hall–Kier alpha value is -2.03. The summed E-state index contributed by atoms with van der Waals surface area (Å²) < 4.78 is 0. The molecule has 1 aromatic carbocycles. The average molecular weight is 269 g/mol. The lowest BCUT2D eigenvalue weighted by molar-refractivity contribution is 0.917. The maximum atomic E-state index is 4.34. The minimum Gasteiger partial charge on any atom is -0.370 e. The molecule has 1 N–H and O–H groups in total. The molecule has 1 heterocycles. The lowest BCUT2D eigenvalue weighted by Gasteiger charge is -2.20. The van der Waals surface area contributed by atoms with Crippen molar-refractivity contribution < 1.29 is 0 Å². The van der Waals surface area contributed by atoms with Gasteiger partial charge in [-0.1, -0.05) is 36.8 Å². The molecule has 0 radical (unpaired) electrons. The maximum Gasteiger partial charge on any atom is 0.127 e. The Morgan fingerprint density at radius 3 is 2.60 bits per heavy atom. The minimum atomic E-state index is 0.900. The molecule has 3 nitrogen and oxygen atoms in total. The molecule has 20 heavy (non-hydrogen) atoms. The molecule has 0 aliphatic rings. The zero-order valence-electron chi connectivity index (χ0n) is 12.6. The summed E-state index contributed by atoms with van der Waals surface area (Å²) in [6.07, 6.45) is 2.96. The Labute approximate surface area is 121 Å². The normalized spacial score (nSPS) is 10.3. The standard InChI is InChI=1S/C17H23N3/c1-4-10-18-17-12-16(9-11-19-17)20(3)13-15-7-5-14(2)6-8-15/h5-9,11-12H,4,10,13H2,1-3H3,(H,18,19). The van der Waals surface area contributed by atoms with Crippen LogP contribution in [-0.2, 0) is 6.54 Å². The van der Waals surface area contributed by atoms with E-state index in [4.69, 9.17) is 0 Å². The summed E-state index contributed by atoms with van der Waals surface area (Å²) >= 11 is 0. The molecule has 0 fully saturated rings. The van der Waals surface area contributed by atoms with Crippen molar-refractivity contribution in [2.24, 2.45) is 0 Å². The molecular formula is C17H23N3. The largest absolute Gasteiger partial charge is 0.370 e. The molecule has 1 aromatic heterocycles. The van der Waals surface area contributed by atoms with Crippen molar-refractivity contribution in [2.75, 3.05) is 23.8 Å². The van der Waals surface area contributed by atoms with Crippen molar-refractivity contribution in [1.82, 2.24) is 4.98 Å². The number of hydrogen-bond acceptors (Lipinski definition) is 3. The van der Waals surface area contributed by atoms with Crippen molar-refractivity contribution in [3.8, 4) is 0 Å². The quantitative estimate of drug-likeness (QED) is 0.863. The van der Waals surface area contributed by atoms with Gasteiger partial charge >= 0.3 is 0 Å². The van der Waals surface area contributed by atoms with Crippen LogP contribution in [0.5, 0.6) is 0 Å². The van der Waals surface area contributed by atoms with E-state index in [0.717, 1.165) is 25.3 Å². The van der Waals surface area contributed by atoms with Crippen LogP contribution in [0, 0.1) is 6.92 Å². The number of nitrogens with one attached hydrogen (secondary N) is 1. The molecular weight excluding hydrogens is 246 g/mol. The summed E-state index contributed by atoms with van der Waals surface area (Å²) in [5, 5.41) is 3.32. The van der Waals surface area contributed by atoms with Crippen LogP contribution in [0.3, 0.4) is 0 Å². The summed E-state index contributed by atoms with van der Waals surface area (Å²) in [6, 6.07) is 12.8. The van der Waals surface area contributed by atoms with Crippen molar-refractivity contribution in [3.63, 3.8) is 0 Å².